The van der Waals surface area contributed by atoms with Crippen LogP contribution in [0.25, 0.3) is 0 Å². The van der Waals surface area contributed by atoms with Gasteiger partial charge in [-0.2, -0.15) is 11.8 Å². The minimum atomic E-state index is -3.91. The minimum absolute atomic E-state index is 0.0728. The second-order valence-electron chi connectivity index (χ2n) is 6.77. The Hall–Kier alpha value is -2.50. The molecule has 9 nitrogen and oxygen atoms in total. The van der Waals surface area contributed by atoms with E-state index >= 15 is 0 Å². The molecule has 0 unspecified atom stereocenters. The lowest BCUT2D eigenvalue weighted by Crippen LogP contribution is -2.40. The molecular weight excluding hydrogens is 478 g/mol. The zero-order chi connectivity index (χ0) is 23.7. The average molecular weight is 502 g/mol. The molecule has 2 aromatic rings. The number of nitrogens with one attached hydrogen (secondary N) is 1. The molecule has 0 saturated carbocycles. The van der Waals surface area contributed by atoms with Gasteiger partial charge in [0.25, 0.3) is 5.69 Å². The Bertz CT molecular complexity index is 1070. The standard InChI is InChI=1S/C20H24ClN3O6S2/c1-30-19-8-7-17(24(26)27)12-18(19)23(32(2,28)29)13-20(25)22-9-4-10-31-14-15-5-3-6-16(21)11-15/h3,5-8,11-12H,4,9-10,13-14H2,1-2H3,(H,22,25). The number of carbonyl (C=O) groups excluding carboxylic acids is 1. The number of methoxy groups -OCH3 is 1. The summed E-state index contributed by atoms with van der Waals surface area (Å²) < 4.78 is 30.5. The summed E-state index contributed by atoms with van der Waals surface area (Å²) in [4.78, 5) is 22.8. The largest absolute Gasteiger partial charge is 0.495 e. The molecule has 0 aliphatic heterocycles. The van der Waals surface area contributed by atoms with Crippen LogP contribution in [0.2, 0.25) is 5.02 Å². The van der Waals surface area contributed by atoms with Crippen LogP contribution in [0.5, 0.6) is 5.75 Å². The number of carbonyl (C=O) groups is 1. The first-order chi connectivity index (χ1) is 15.1. The quantitative estimate of drug-likeness (QED) is 0.268. The van der Waals surface area contributed by atoms with Gasteiger partial charge in [-0.25, -0.2) is 8.42 Å². The van der Waals surface area contributed by atoms with E-state index in [4.69, 9.17) is 16.3 Å². The summed E-state index contributed by atoms with van der Waals surface area (Å²) in [6.07, 6.45) is 1.61. The third kappa shape index (κ3) is 7.88. The second-order valence-corrected chi connectivity index (χ2v) is 10.2. The summed E-state index contributed by atoms with van der Waals surface area (Å²) in [5.74, 6) is 1.17. The third-order valence-electron chi connectivity index (χ3n) is 4.27. The van der Waals surface area contributed by atoms with Gasteiger partial charge in [-0.15, -0.1) is 0 Å². The molecule has 0 saturated heterocycles. The van der Waals surface area contributed by atoms with Crippen LogP contribution in [0.4, 0.5) is 11.4 Å². The Morgan fingerprint density at radius 1 is 1.28 bits per heavy atom. The van der Waals surface area contributed by atoms with Crippen molar-refractivity contribution in [3.8, 4) is 5.75 Å². The highest BCUT2D eigenvalue weighted by molar-refractivity contribution is 7.98. The number of non-ortho nitro benzene ring substituents is 1. The van der Waals surface area contributed by atoms with Crippen molar-refractivity contribution in [1.29, 1.82) is 0 Å². The highest BCUT2D eigenvalue weighted by atomic mass is 35.5. The number of ether oxygens (including phenoxy) is 1. The van der Waals surface area contributed by atoms with Crippen molar-refractivity contribution in [3.63, 3.8) is 0 Å². The number of nitro groups is 1. The Labute approximate surface area is 196 Å². The van der Waals surface area contributed by atoms with E-state index in [1.54, 1.807) is 11.8 Å². The fraction of sp³-hybridized carbons (Fsp3) is 0.350. The number of amides is 1. The summed E-state index contributed by atoms with van der Waals surface area (Å²) in [5.41, 5.74) is 0.726. The van der Waals surface area contributed by atoms with E-state index in [1.807, 2.05) is 24.3 Å². The molecule has 1 amide bonds. The highest BCUT2D eigenvalue weighted by Crippen LogP contribution is 2.33. The number of anilines is 1. The maximum Gasteiger partial charge on any atom is 0.271 e. The van der Waals surface area contributed by atoms with E-state index in [0.29, 0.717) is 18.0 Å². The normalized spacial score (nSPS) is 11.1. The first-order valence-electron chi connectivity index (χ1n) is 9.51. The molecule has 0 spiro atoms. The number of thioether (sulfide) groups is 1. The molecule has 2 rings (SSSR count). The molecule has 2 aromatic carbocycles. The van der Waals surface area contributed by atoms with Gasteiger partial charge in [0, 0.05) is 29.5 Å². The molecule has 0 radical (unpaired) electrons. The molecule has 0 atom stereocenters. The van der Waals surface area contributed by atoms with Gasteiger partial charge < -0.3 is 10.1 Å². The first kappa shape index (κ1) is 25.8. The van der Waals surface area contributed by atoms with E-state index in [2.05, 4.69) is 5.32 Å². The van der Waals surface area contributed by atoms with Crippen LogP contribution >= 0.6 is 23.4 Å². The lowest BCUT2D eigenvalue weighted by molar-refractivity contribution is -0.384. The Balaban J connectivity index is 1.92. The number of hydrogen-bond acceptors (Lipinski definition) is 7. The lowest BCUT2D eigenvalue weighted by Gasteiger charge is -2.23. The van der Waals surface area contributed by atoms with Gasteiger partial charge >= 0.3 is 0 Å². The first-order valence-corrected chi connectivity index (χ1v) is 12.9. The van der Waals surface area contributed by atoms with Gasteiger partial charge in [-0.1, -0.05) is 23.7 Å². The molecule has 0 aromatic heterocycles. The number of nitro benzene ring substituents is 1. The number of halogens is 1. The number of rotatable bonds is 12. The maximum absolute atomic E-state index is 12.4. The molecule has 0 fully saturated rings. The van der Waals surface area contributed by atoms with E-state index in [0.717, 1.165) is 33.7 Å². The Morgan fingerprint density at radius 2 is 2.03 bits per heavy atom. The molecule has 12 heteroatoms. The molecule has 0 aliphatic rings. The SMILES string of the molecule is COc1ccc([N+](=O)[O-])cc1N(CC(=O)NCCCSCc1cccc(Cl)c1)S(C)(=O)=O. The van der Waals surface area contributed by atoms with Crippen molar-refractivity contribution in [2.45, 2.75) is 12.2 Å². The molecular formula is C20H24ClN3O6S2. The monoisotopic (exact) mass is 501 g/mol. The van der Waals surface area contributed by atoms with E-state index in [9.17, 15) is 23.3 Å². The summed E-state index contributed by atoms with van der Waals surface area (Å²) in [5, 5.41) is 14.5. The number of sulfonamides is 1. The highest BCUT2D eigenvalue weighted by Gasteiger charge is 2.26. The van der Waals surface area contributed by atoms with Crippen molar-refractivity contribution in [3.05, 3.63) is 63.2 Å². The van der Waals surface area contributed by atoms with Gasteiger partial charge in [-0.05, 0) is 35.9 Å². The number of benzene rings is 2. The van der Waals surface area contributed by atoms with Crippen LogP contribution in [0, 0.1) is 10.1 Å². The average Bonchev–Trinajstić information content (AvgIpc) is 2.73. The predicted molar refractivity (Wildman–Crippen MR) is 127 cm³/mol. The second kappa shape index (κ2) is 11.9. The topological polar surface area (TPSA) is 119 Å². The van der Waals surface area contributed by atoms with Crippen LogP contribution < -0.4 is 14.4 Å². The predicted octanol–water partition coefficient (Wildman–Crippen LogP) is 3.46. The maximum atomic E-state index is 12.4. The van der Waals surface area contributed by atoms with Crippen molar-refractivity contribution in [1.82, 2.24) is 5.32 Å². The van der Waals surface area contributed by atoms with E-state index in [-0.39, 0.29) is 17.1 Å². The van der Waals surface area contributed by atoms with Crippen molar-refractivity contribution >= 4 is 50.7 Å². The smallest absolute Gasteiger partial charge is 0.271 e. The van der Waals surface area contributed by atoms with Crippen LogP contribution in [-0.2, 0) is 20.6 Å². The van der Waals surface area contributed by atoms with Gasteiger partial charge in [0.05, 0.1) is 18.3 Å². The van der Waals surface area contributed by atoms with E-state index in [1.165, 1.54) is 19.2 Å². The van der Waals surface area contributed by atoms with Gasteiger partial charge in [0.2, 0.25) is 15.9 Å². The summed E-state index contributed by atoms with van der Waals surface area (Å²) >= 11 is 7.65. The fourth-order valence-electron chi connectivity index (χ4n) is 2.77. The molecule has 32 heavy (non-hydrogen) atoms. The summed E-state index contributed by atoms with van der Waals surface area (Å²) in [7, 11) is -2.59. The number of hydrogen-bond donors (Lipinski definition) is 1. The Kier molecular flexibility index (Phi) is 9.60. The van der Waals surface area contributed by atoms with E-state index < -0.39 is 27.4 Å². The van der Waals surface area contributed by atoms with Crippen LogP contribution in [0.1, 0.15) is 12.0 Å². The van der Waals surface area contributed by atoms with Crippen molar-refractivity contribution in [2.24, 2.45) is 0 Å². The zero-order valence-electron chi connectivity index (χ0n) is 17.6. The number of nitrogens with zero attached hydrogens (tertiary/aromatic N) is 2. The van der Waals surface area contributed by atoms with Crippen LogP contribution in [-0.4, -0.2) is 51.5 Å². The van der Waals surface area contributed by atoms with Crippen LogP contribution in [0.15, 0.2) is 42.5 Å². The van der Waals surface area contributed by atoms with Gasteiger partial charge in [-0.3, -0.25) is 19.2 Å². The molecule has 0 aliphatic carbocycles. The van der Waals surface area contributed by atoms with Crippen molar-refractivity contribution < 1.29 is 22.9 Å². The molecule has 0 heterocycles. The molecule has 174 valence electrons. The van der Waals surface area contributed by atoms with Gasteiger partial charge in [0.1, 0.15) is 18.0 Å². The lowest BCUT2D eigenvalue weighted by atomic mass is 10.2. The zero-order valence-corrected chi connectivity index (χ0v) is 20.0. The summed E-state index contributed by atoms with van der Waals surface area (Å²) in [6.45, 7) is -0.156. The third-order valence-corrected chi connectivity index (χ3v) is 6.75. The summed E-state index contributed by atoms with van der Waals surface area (Å²) in [6, 6.07) is 11.2. The fourth-order valence-corrected chi connectivity index (χ4v) is 4.75. The molecule has 1 N–H and O–H groups in total. The minimum Gasteiger partial charge on any atom is -0.495 e. The van der Waals surface area contributed by atoms with Crippen molar-refractivity contribution in [2.75, 3.05) is 36.5 Å². The van der Waals surface area contributed by atoms with Gasteiger partial charge in [0.15, 0.2) is 0 Å². The molecule has 0 bridgehead atoms. The van der Waals surface area contributed by atoms with Crippen LogP contribution in [0.3, 0.4) is 0 Å². The Morgan fingerprint density at radius 3 is 2.66 bits per heavy atom.